The predicted octanol–water partition coefficient (Wildman–Crippen LogP) is 3.53. The second-order valence-corrected chi connectivity index (χ2v) is 11.9. The van der Waals surface area contributed by atoms with Crippen molar-refractivity contribution in [1.29, 1.82) is 0 Å². The SMILES string of the molecule is O=C(NCc1ccc(S(=O)(=O)N2CCN(CCCc3ccccc3)CC2)s1)c1cccc([N+](=O)[O-])c1. The minimum absolute atomic E-state index is 0.136. The van der Waals surface area contributed by atoms with Gasteiger partial charge < -0.3 is 10.2 Å². The van der Waals surface area contributed by atoms with E-state index in [1.165, 1.54) is 34.1 Å². The number of thiophene rings is 1. The van der Waals surface area contributed by atoms with Gasteiger partial charge in [-0.3, -0.25) is 14.9 Å². The smallest absolute Gasteiger partial charge is 0.270 e. The fourth-order valence-corrected chi connectivity index (χ4v) is 6.97. The summed E-state index contributed by atoms with van der Waals surface area (Å²) in [6.45, 7) is 3.37. The van der Waals surface area contributed by atoms with Crippen LogP contribution < -0.4 is 5.32 Å². The molecule has 3 aromatic rings. The summed E-state index contributed by atoms with van der Waals surface area (Å²) in [6.07, 6.45) is 2.04. The highest BCUT2D eigenvalue weighted by Gasteiger charge is 2.29. The van der Waals surface area contributed by atoms with Crippen molar-refractivity contribution < 1.29 is 18.1 Å². The van der Waals surface area contributed by atoms with Gasteiger partial charge in [0.15, 0.2) is 0 Å². The molecule has 1 aromatic heterocycles. The average Bonchev–Trinajstić information content (AvgIpc) is 3.38. The summed E-state index contributed by atoms with van der Waals surface area (Å²) in [5, 5.41) is 13.6. The second kappa shape index (κ2) is 11.7. The van der Waals surface area contributed by atoms with Crippen LogP contribution in [-0.2, 0) is 23.0 Å². The molecule has 9 nitrogen and oxygen atoms in total. The maximum Gasteiger partial charge on any atom is 0.270 e. The second-order valence-electron chi connectivity index (χ2n) is 8.55. The van der Waals surface area contributed by atoms with Crippen LogP contribution in [0.15, 0.2) is 70.9 Å². The Balaban J connectivity index is 1.26. The highest BCUT2D eigenvalue weighted by Crippen LogP contribution is 2.26. The molecule has 1 amide bonds. The van der Waals surface area contributed by atoms with Crippen molar-refractivity contribution in [3.05, 3.63) is 92.8 Å². The molecule has 4 rings (SSSR count). The third-order valence-electron chi connectivity index (χ3n) is 6.09. The number of nitro groups is 1. The molecule has 190 valence electrons. The lowest BCUT2D eigenvalue weighted by molar-refractivity contribution is -0.384. The zero-order valence-corrected chi connectivity index (χ0v) is 21.3. The molecule has 2 aromatic carbocycles. The first-order valence-corrected chi connectivity index (χ1v) is 14.0. The first-order valence-electron chi connectivity index (χ1n) is 11.7. The molecule has 0 unspecified atom stereocenters. The first kappa shape index (κ1) is 26.0. The Morgan fingerprint density at radius 2 is 1.75 bits per heavy atom. The number of non-ortho nitro benzene ring substituents is 1. The number of rotatable bonds is 10. The molecule has 0 saturated carbocycles. The van der Waals surface area contributed by atoms with Crippen LogP contribution in [0.1, 0.15) is 27.2 Å². The molecule has 0 atom stereocenters. The number of nitro benzene ring substituents is 1. The van der Waals surface area contributed by atoms with Gasteiger partial charge in [0.05, 0.1) is 11.5 Å². The highest BCUT2D eigenvalue weighted by molar-refractivity contribution is 7.91. The fourth-order valence-electron chi connectivity index (χ4n) is 4.09. The standard InChI is InChI=1S/C25H28N4O5S2/c30-25(21-9-4-10-22(18-21)29(31)32)26-19-23-11-12-24(35-23)36(33,34)28-16-14-27(15-17-28)13-5-8-20-6-2-1-3-7-20/h1-4,6-7,9-12,18H,5,8,13-17,19H2,(H,26,30). The Bertz CT molecular complexity index is 1300. The van der Waals surface area contributed by atoms with Crippen LogP contribution >= 0.6 is 11.3 Å². The van der Waals surface area contributed by atoms with Crippen LogP contribution in [0, 0.1) is 10.1 Å². The van der Waals surface area contributed by atoms with Gasteiger partial charge >= 0.3 is 0 Å². The minimum Gasteiger partial charge on any atom is -0.347 e. The Morgan fingerprint density at radius 1 is 1.00 bits per heavy atom. The van der Waals surface area contributed by atoms with E-state index in [9.17, 15) is 23.3 Å². The normalized spacial score (nSPS) is 15.0. The molecule has 0 spiro atoms. The number of nitrogens with zero attached hydrogens (tertiary/aromatic N) is 3. The van der Waals surface area contributed by atoms with Crippen molar-refractivity contribution in [2.45, 2.75) is 23.6 Å². The number of nitrogens with one attached hydrogen (secondary N) is 1. The number of carbonyl (C=O) groups is 1. The number of carbonyl (C=O) groups excluding carboxylic acids is 1. The van der Waals surface area contributed by atoms with Crippen molar-refractivity contribution in [1.82, 2.24) is 14.5 Å². The minimum atomic E-state index is -3.60. The van der Waals surface area contributed by atoms with Crippen LogP contribution in [0.25, 0.3) is 0 Å². The molecular formula is C25H28N4O5S2. The number of hydrogen-bond donors (Lipinski definition) is 1. The number of amides is 1. The molecule has 0 radical (unpaired) electrons. The topological polar surface area (TPSA) is 113 Å². The molecule has 1 N–H and O–H groups in total. The highest BCUT2D eigenvalue weighted by atomic mass is 32.2. The largest absolute Gasteiger partial charge is 0.347 e. The van der Waals surface area contributed by atoms with E-state index in [0.29, 0.717) is 31.1 Å². The Hall–Kier alpha value is -3.12. The van der Waals surface area contributed by atoms with Gasteiger partial charge in [-0.1, -0.05) is 36.4 Å². The van der Waals surface area contributed by atoms with Gasteiger partial charge in [-0.25, -0.2) is 8.42 Å². The van der Waals surface area contributed by atoms with Crippen molar-refractivity contribution in [2.24, 2.45) is 0 Å². The van der Waals surface area contributed by atoms with E-state index < -0.39 is 20.9 Å². The number of sulfonamides is 1. The zero-order chi connectivity index (χ0) is 25.5. The lowest BCUT2D eigenvalue weighted by Gasteiger charge is -2.33. The Kier molecular flexibility index (Phi) is 8.47. The van der Waals surface area contributed by atoms with E-state index in [2.05, 4.69) is 22.3 Å². The average molecular weight is 529 g/mol. The third kappa shape index (κ3) is 6.55. The summed E-state index contributed by atoms with van der Waals surface area (Å²) in [4.78, 5) is 25.7. The molecule has 0 aliphatic carbocycles. The quantitative estimate of drug-likeness (QED) is 0.318. The molecule has 1 fully saturated rings. The van der Waals surface area contributed by atoms with Crippen LogP contribution in [0.5, 0.6) is 0 Å². The van der Waals surface area contributed by atoms with Gasteiger partial charge in [0, 0.05) is 48.8 Å². The van der Waals surface area contributed by atoms with Crippen molar-refractivity contribution >= 4 is 33.0 Å². The molecular weight excluding hydrogens is 500 g/mol. The molecule has 0 bridgehead atoms. The molecule has 11 heteroatoms. The van der Waals surface area contributed by atoms with Crippen LogP contribution in [0.4, 0.5) is 5.69 Å². The lowest BCUT2D eigenvalue weighted by atomic mass is 10.1. The summed E-state index contributed by atoms with van der Waals surface area (Å²) in [6, 6.07) is 19.1. The number of hydrogen-bond acceptors (Lipinski definition) is 7. The van der Waals surface area contributed by atoms with Gasteiger partial charge in [-0.15, -0.1) is 11.3 Å². The van der Waals surface area contributed by atoms with Crippen molar-refractivity contribution in [3.8, 4) is 0 Å². The third-order valence-corrected chi connectivity index (χ3v) is 9.54. The number of aryl methyl sites for hydroxylation is 1. The number of piperazine rings is 1. The van der Waals surface area contributed by atoms with Crippen molar-refractivity contribution in [2.75, 3.05) is 32.7 Å². The fraction of sp³-hybridized carbons (Fsp3) is 0.320. The lowest BCUT2D eigenvalue weighted by Crippen LogP contribution is -2.48. The maximum absolute atomic E-state index is 13.1. The van der Waals surface area contributed by atoms with Crippen LogP contribution in [0.3, 0.4) is 0 Å². The molecule has 2 heterocycles. The van der Waals surface area contributed by atoms with Gasteiger partial charge in [0.1, 0.15) is 4.21 Å². The van der Waals surface area contributed by atoms with Gasteiger partial charge in [0.25, 0.3) is 21.6 Å². The van der Waals surface area contributed by atoms with Gasteiger partial charge in [0.2, 0.25) is 0 Å². The molecule has 1 saturated heterocycles. The summed E-state index contributed by atoms with van der Waals surface area (Å²) in [7, 11) is -3.60. The van der Waals surface area contributed by atoms with Gasteiger partial charge in [-0.2, -0.15) is 4.31 Å². The summed E-state index contributed by atoms with van der Waals surface area (Å²) in [5.74, 6) is -0.458. The van der Waals surface area contributed by atoms with Crippen molar-refractivity contribution in [3.63, 3.8) is 0 Å². The molecule has 1 aliphatic rings. The molecule has 36 heavy (non-hydrogen) atoms. The van der Waals surface area contributed by atoms with E-state index in [1.54, 1.807) is 12.1 Å². The summed E-state index contributed by atoms with van der Waals surface area (Å²) < 4.78 is 28.0. The van der Waals surface area contributed by atoms with Crippen LogP contribution in [-0.4, -0.2) is 61.2 Å². The number of benzene rings is 2. The summed E-state index contributed by atoms with van der Waals surface area (Å²) >= 11 is 1.12. The van der Waals surface area contributed by atoms with Gasteiger partial charge in [-0.05, 0) is 43.1 Å². The van der Waals surface area contributed by atoms with E-state index in [1.807, 2.05) is 18.2 Å². The van der Waals surface area contributed by atoms with Crippen LogP contribution in [0.2, 0.25) is 0 Å². The van der Waals surface area contributed by atoms with E-state index >= 15 is 0 Å². The Morgan fingerprint density at radius 3 is 2.47 bits per heavy atom. The zero-order valence-electron chi connectivity index (χ0n) is 19.7. The molecule has 1 aliphatic heterocycles. The first-order chi connectivity index (χ1) is 17.3. The van der Waals surface area contributed by atoms with E-state index in [-0.39, 0.29) is 22.0 Å². The monoisotopic (exact) mass is 528 g/mol. The maximum atomic E-state index is 13.1. The predicted molar refractivity (Wildman–Crippen MR) is 139 cm³/mol. The van der Waals surface area contributed by atoms with E-state index in [0.717, 1.165) is 30.7 Å². The Labute approximate surface area is 214 Å². The summed E-state index contributed by atoms with van der Waals surface area (Å²) in [5.41, 5.74) is 1.33. The van der Waals surface area contributed by atoms with E-state index in [4.69, 9.17) is 0 Å².